The average Bonchev–Trinajstić information content (AvgIpc) is 3.22. The van der Waals surface area contributed by atoms with Crippen LogP contribution < -0.4 is 4.90 Å². The minimum Gasteiger partial charge on any atom is -0.354 e. The highest BCUT2D eigenvalue weighted by Crippen LogP contribution is 2.29. The Morgan fingerprint density at radius 3 is 2.75 bits per heavy atom. The predicted molar refractivity (Wildman–Crippen MR) is 92.7 cm³/mol. The van der Waals surface area contributed by atoms with Gasteiger partial charge in [0.25, 0.3) is 0 Å². The summed E-state index contributed by atoms with van der Waals surface area (Å²) in [4.78, 5) is 2.23. The van der Waals surface area contributed by atoms with E-state index < -0.39 is 0 Å². The van der Waals surface area contributed by atoms with Crippen LogP contribution in [0.2, 0.25) is 0 Å². The quantitative estimate of drug-likeness (QED) is 0.844. The van der Waals surface area contributed by atoms with Gasteiger partial charge in [0.1, 0.15) is 11.6 Å². The Bertz CT molecular complexity index is 757. The maximum absolute atomic E-state index is 9.66. The molecule has 1 fully saturated rings. The first-order valence-corrected chi connectivity index (χ1v) is 8.67. The van der Waals surface area contributed by atoms with Gasteiger partial charge in [0.2, 0.25) is 0 Å². The van der Waals surface area contributed by atoms with Crippen molar-refractivity contribution in [2.24, 2.45) is 13.0 Å². The zero-order chi connectivity index (χ0) is 17.1. The second-order valence-electron chi connectivity index (χ2n) is 6.47. The lowest BCUT2D eigenvalue weighted by Gasteiger charge is -2.20. The standard InChI is InChI=1S/C18H24N6/c1-4-15-16(9-19)18(22-21-17(15)5-2)24-7-6-13(12-24)8-14-10-20-23(3)11-14/h10-11,13H,4-8,12H2,1-3H3/t13-/m0/s1. The lowest BCUT2D eigenvalue weighted by molar-refractivity contribution is 0.585. The lowest BCUT2D eigenvalue weighted by Crippen LogP contribution is -2.24. The molecule has 0 N–H and O–H groups in total. The summed E-state index contributed by atoms with van der Waals surface area (Å²) in [5, 5.41) is 22.7. The maximum atomic E-state index is 9.66. The SMILES string of the molecule is CCc1nnc(N2CC[C@@H](Cc3cnn(C)c3)C2)c(C#N)c1CC. The second kappa shape index (κ2) is 7.00. The van der Waals surface area contributed by atoms with Crippen molar-refractivity contribution in [3.63, 3.8) is 0 Å². The van der Waals surface area contributed by atoms with Crippen LogP contribution in [0.4, 0.5) is 5.82 Å². The average molecular weight is 324 g/mol. The van der Waals surface area contributed by atoms with Crippen molar-refractivity contribution in [3.8, 4) is 6.07 Å². The van der Waals surface area contributed by atoms with E-state index in [9.17, 15) is 5.26 Å². The molecule has 1 aliphatic rings. The molecule has 0 unspecified atom stereocenters. The summed E-state index contributed by atoms with van der Waals surface area (Å²) in [6.07, 6.45) is 7.78. The number of nitriles is 1. The molecule has 0 bridgehead atoms. The normalized spacial score (nSPS) is 17.2. The van der Waals surface area contributed by atoms with Crippen LogP contribution in [-0.4, -0.2) is 33.1 Å². The third kappa shape index (κ3) is 3.12. The molecule has 24 heavy (non-hydrogen) atoms. The summed E-state index contributed by atoms with van der Waals surface area (Å²) in [5.41, 5.74) is 3.99. The zero-order valence-electron chi connectivity index (χ0n) is 14.7. The number of hydrogen-bond donors (Lipinski definition) is 0. The number of rotatable bonds is 5. The van der Waals surface area contributed by atoms with Crippen molar-refractivity contribution in [1.29, 1.82) is 5.26 Å². The molecule has 2 aromatic rings. The Morgan fingerprint density at radius 1 is 1.29 bits per heavy atom. The van der Waals surface area contributed by atoms with Gasteiger partial charge in [0.15, 0.2) is 5.82 Å². The molecule has 3 heterocycles. The Kier molecular flexibility index (Phi) is 4.79. The Hall–Kier alpha value is -2.42. The molecule has 0 saturated carbocycles. The van der Waals surface area contributed by atoms with Gasteiger partial charge in [-0.2, -0.15) is 15.5 Å². The molecule has 126 valence electrons. The van der Waals surface area contributed by atoms with Crippen LogP contribution in [0.25, 0.3) is 0 Å². The molecular formula is C18H24N6. The van der Waals surface area contributed by atoms with Crippen LogP contribution in [0.15, 0.2) is 12.4 Å². The second-order valence-corrected chi connectivity index (χ2v) is 6.47. The van der Waals surface area contributed by atoms with E-state index in [0.29, 0.717) is 11.5 Å². The number of aromatic nitrogens is 4. The molecule has 0 spiro atoms. The summed E-state index contributed by atoms with van der Waals surface area (Å²) < 4.78 is 1.85. The van der Waals surface area contributed by atoms with E-state index in [-0.39, 0.29) is 0 Å². The van der Waals surface area contributed by atoms with Gasteiger partial charge in [0, 0.05) is 26.3 Å². The summed E-state index contributed by atoms with van der Waals surface area (Å²) in [6.45, 7) is 6.00. The molecule has 6 nitrogen and oxygen atoms in total. The molecule has 3 rings (SSSR count). The molecule has 1 saturated heterocycles. The van der Waals surface area contributed by atoms with E-state index in [1.807, 2.05) is 17.9 Å². The lowest BCUT2D eigenvalue weighted by atomic mass is 10.0. The van der Waals surface area contributed by atoms with Crippen LogP contribution in [-0.2, 0) is 26.3 Å². The first-order valence-electron chi connectivity index (χ1n) is 8.67. The van der Waals surface area contributed by atoms with Gasteiger partial charge in [-0.1, -0.05) is 13.8 Å². The summed E-state index contributed by atoms with van der Waals surface area (Å²) in [6, 6.07) is 2.38. The largest absolute Gasteiger partial charge is 0.354 e. The first-order chi connectivity index (χ1) is 11.7. The molecule has 1 aliphatic heterocycles. The number of anilines is 1. The van der Waals surface area contributed by atoms with Crippen LogP contribution in [0, 0.1) is 17.2 Å². The molecule has 0 aliphatic carbocycles. The third-order valence-electron chi connectivity index (χ3n) is 4.81. The van der Waals surface area contributed by atoms with Gasteiger partial charge in [-0.3, -0.25) is 4.68 Å². The number of nitrogens with zero attached hydrogens (tertiary/aromatic N) is 6. The zero-order valence-corrected chi connectivity index (χ0v) is 14.7. The van der Waals surface area contributed by atoms with Crippen LogP contribution in [0.3, 0.4) is 0 Å². The molecule has 1 atom stereocenters. The van der Waals surface area contributed by atoms with Crippen molar-refractivity contribution in [1.82, 2.24) is 20.0 Å². The van der Waals surface area contributed by atoms with Gasteiger partial charge >= 0.3 is 0 Å². The van der Waals surface area contributed by atoms with Gasteiger partial charge in [-0.05, 0) is 42.7 Å². The number of aryl methyl sites for hydroxylation is 2. The number of hydrogen-bond acceptors (Lipinski definition) is 5. The fourth-order valence-corrected chi connectivity index (χ4v) is 3.60. The van der Waals surface area contributed by atoms with E-state index in [0.717, 1.165) is 55.8 Å². The van der Waals surface area contributed by atoms with Gasteiger partial charge < -0.3 is 4.90 Å². The minimum atomic E-state index is 0.568. The topological polar surface area (TPSA) is 70.6 Å². The summed E-state index contributed by atoms with van der Waals surface area (Å²) in [7, 11) is 1.95. The Balaban J connectivity index is 1.79. The monoisotopic (exact) mass is 324 g/mol. The highest BCUT2D eigenvalue weighted by Gasteiger charge is 2.27. The van der Waals surface area contributed by atoms with Crippen LogP contribution >= 0.6 is 0 Å². The highest BCUT2D eigenvalue weighted by molar-refractivity contribution is 5.58. The van der Waals surface area contributed by atoms with Gasteiger partial charge in [-0.15, -0.1) is 5.10 Å². The van der Waals surface area contributed by atoms with E-state index in [1.54, 1.807) is 0 Å². The van der Waals surface area contributed by atoms with E-state index in [1.165, 1.54) is 5.56 Å². The molecule has 0 aromatic carbocycles. The molecule has 0 radical (unpaired) electrons. The van der Waals surface area contributed by atoms with Crippen LogP contribution in [0.1, 0.15) is 42.7 Å². The summed E-state index contributed by atoms with van der Waals surface area (Å²) >= 11 is 0. The fraction of sp³-hybridized carbons (Fsp3) is 0.556. The first kappa shape index (κ1) is 16.4. The van der Waals surface area contributed by atoms with Crippen molar-refractivity contribution >= 4 is 5.82 Å². The Labute approximate surface area is 143 Å². The van der Waals surface area contributed by atoms with E-state index in [4.69, 9.17) is 0 Å². The molecule has 2 aromatic heterocycles. The van der Waals surface area contributed by atoms with Crippen LogP contribution in [0.5, 0.6) is 0 Å². The molecular weight excluding hydrogens is 300 g/mol. The third-order valence-corrected chi connectivity index (χ3v) is 4.81. The summed E-state index contributed by atoms with van der Waals surface area (Å²) in [5.74, 6) is 1.33. The minimum absolute atomic E-state index is 0.568. The highest BCUT2D eigenvalue weighted by atomic mass is 15.3. The van der Waals surface area contributed by atoms with Crippen molar-refractivity contribution in [3.05, 3.63) is 34.8 Å². The van der Waals surface area contributed by atoms with Gasteiger partial charge in [0.05, 0.1) is 11.9 Å². The van der Waals surface area contributed by atoms with Gasteiger partial charge in [-0.25, -0.2) is 0 Å². The van der Waals surface area contributed by atoms with E-state index in [2.05, 4.69) is 46.3 Å². The van der Waals surface area contributed by atoms with E-state index >= 15 is 0 Å². The molecule has 0 amide bonds. The van der Waals surface area contributed by atoms with Crippen molar-refractivity contribution in [2.75, 3.05) is 18.0 Å². The smallest absolute Gasteiger partial charge is 0.169 e. The van der Waals surface area contributed by atoms with Crippen molar-refractivity contribution in [2.45, 2.75) is 39.5 Å². The Morgan fingerprint density at radius 2 is 2.12 bits per heavy atom. The maximum Gasteiger partial charge on any atom is 0.169 e. The van der Waals surface area contributed by atoms with Crippen molar-refractivity contribution < 1.29 is 0 Å². The predicted octanol–water partition coefficient (Wildman–Crippen LogP) is 2.28. The molecule has 6 heteroatoms. The fourth-order valence-electron chi connectivity index (χ4n) is 3.60.